The highest BCUT2D eigenvalue weighted by atomic mass is 19.4. The number of esters is 1. The van der Waals surface area contributed by atoms with Gasteiger partial charge in [0.15, 0.2) is 0 Å². The molecule has 0 atom stereocenters. The third kappa shape index (κ3) is 4.18. The van der Waals surface area contributed by atoms with Crippen molar-refractivity contribution in [3.63, 3.8) is 0 Å². The maximum Gasteiger partial charge on any atom is 0.416 e. The van der Waals surface area contributed by atoms with E-state index in [-0.39, 0.29) is 11.1 Å². The molecule has 9 heteroatoms. The molecule has 26 heavy (non-hydrogen) atoms. The SMILES string of the molecule is COC(=O)c1cccc(C(=O)NC(=O)c2cc(C(F)(F)F)ccc2O)c1. The van der Waals surface area contributed by atoms with Crippen molar-refractivity contribution in [3.8, 4) is 5.75 Å². The van der Waals surface area contributed by atoms with Gasteiger partial charge in [-0.3, -0.25) is 14.9 Å². The number of carbonyl (C=O) groups excluding carboxylic acids is 3. The average molecular weight is 367 g/mol. The van der Waals surface area contributed by atoms with Gasteiger partial charge in [0, 0.05) is 5.56 Å². The molecule has 0 saturated heterocycles. The highest BCUT2D eigenvalue weighted by Crippen LogP contribution is 2.32. The number of hydrogen-bond acceptors (Lipinski definition) is 5. The van der Waals surface area contributed by atoms with Crippen LogP contribution in [0.25, 0.3) is 0 Å². The standard InChI is InChI=1S/C17H12F3NO5/c1-26-16(25)10-4-2-3-9(7-10)14(23)21-15(24)12-8-11(17(18,19)20)5-6-13(12)22/h2-8,22H,1H3,(H,21,23,24). The largest absolute Gasteiger partial charge is 0.507 e. The average Bonchev–Trinajstić information content (AvgIpc) is 2.60. The van der Waals surface area contributed by atoms with Crippen molar-refractivity contribution >= 4 is 17.8 Å². The number of imide groups is 1. The molecule has 0 aliphatic rings. The normalized spacial score (nSPS) is 10.9. The van der Waals surface area contributed by atoms with E-state index in [0.717, 1.165) is 13.2 Å². The monoisotopic (exact) mass is 367 g/mol. The Kier molecular flexibility index (Phi) is 5.30. The third-order valence-corrected chi connectivity index (χ3v) is 3.34. The first-order valence-electron chi connectivity index (χ1n) is 7.07. The summed E-state index contributed by atoms with van der Waals surface area (Å²) in [5.41, 5.74) is -1.90. The molecule has 136 valence electrons. The highest BCUT2D eigenvalue weighted by Gasteiger charge is 2.32. The van der Waals surface area contributed by atoms with Crippen LogP contribution in [0.4, 0.5) is 13.2 Å². The Balaban J connectivity index is 2.25. The first kappa shape index (κ1) is 19.0. The van der Waals surface area contributed by atoms with Crippen molar-refractivity contribution in [1.29, 1.82) is 0 Å². The van der Waals surface area contributed by atoms with E-state index in [2.05, 4.69) is 4.74 Å². The van der Waals surface area contributed by atoms with E-state index in [1.54, 1.807) is 0 Å². The van der Waals surface area contributed by atoms with Gasteiger partial charge >= 0.3 is 12.1 Å². The van der Waals surface area contributed by atoms with E-state index in [1.807, 2.05) is 5.32 Å². The van der Waals surface area contributed by atoms with E-state index < -0.39 is 40.8 Å². The van der Waals surface area contributed by atoms with Gasteiger partial charge in [0.25, 0.3) is 11.8 Å². The number of carbonyl (C=O) groups is 3. The summed E-state index contributed by atoms with van der Waals surface area (Å²) in [6.45, 7) is 0. The fraction of sp³-hybridized carbons (Fsp3) is 0.118. The Morgan fingerprint density at radius 3 is 2.27 bits per heavy atom. The summed E-state index contributed by atoms with van der Waals surface area (Å²) in [4.78, 5) is 35.6. The quantitative estimate of drug-likeness (QED) is 0.643. The zero-order valence-electron chi connectivity index (χ0n) is 13.3. The van der Waals surface area contributed by atoms with Gasteiger partial charge in [0.05, 0.1) is 23.8 Å². The summed E-state index contributed by atoms with van der Waals surface area (Å²) >= 11 is 0. The maximum absolute atomic E-state index is 12.7. The number of benzene rings is 2. The minimum Gasteiger partial charge on any atom is -0.507 e. The number of hydrogen-bond donors (Lipinski definition) is 2. The highest BCUT2D eigenvalue weighted by molar-refractivity contribution is 6.11. The van der Waals surface area contributed by atoms with Crippen LogP contribution in [0.5, 0.6) is 5.75 Å². The lowest BCUT2D eigenvalue weighted by Gasteiger charge is -2.10. The predicted molar refractivity (Wildman–Crippen MR) is 82.7 cm³/mol. The second kappa shape index (κ2) is 7.26. The van der Waals surface area contributed by atoms with Crippen LogP contribution in [0.3, 0.4) is 0 Å². The number of phenolic OH excluding ortho intramolecular Hbond substituents is 1. The molecule has 0 aromatic heterocycles. The van der Waals surface area contributed by atoms with Crippen molar-refractivity contribution in [1.82, 2.24) is 5.32 Å². The van der Waals surface area contributed by atoms with Crippen molar-refractivity contribution in [2.75, 3.05) is 7.11 Å². The lowest BCUT2D eigenvalue weighted by Crippen LogP contribution is -2.30. The molecule has 0 unspecified atom stereocenters. The Morgan fingerprint density at radius 2 is 1.65 bits per heavy atom. The summed E-state index contributed by atoms with van der Waals surface area (Å²) in [7, 11) is 1.15. The molecule has 0 fully saturated rings. The van der Waals surface area contributed by atoms with Gasteiger partial charge < -0.3 is 9.84 Å². The zero-order valence-corrected chi connectivity index (χ0v) is 13.3. The molecule has 0 aliphatic carbocycles. The van der Waals surface area contributed by atoms with Crippen LogP contribution in [-0.2, 0) is 10.9 Å². The summed E-state index contributed by atoms with van der Waals surface area (Å²) in [6.07, 6.45) is -4.72. The number of rotatable bonds is 3. The first-order chi connectivity index (χ1) is 12.1. The van der Waals surface area contributed by atoms with Crippen LogP contribution in [-0.4, -0.2) is 30.0 Å². The number of aromatic hydroxyl groups is 1. The topological polar surface area (TPSA) is 92.7 Å². The number of methoxy groups -OCH3 is 1. The smallest absolute Gasteiger partial charge is 0.416 e. The molecule has 2 rings (SSSR count). The van der Waals surface area contributed by atoms with Gasteiger partial charge in [-0.2, -0.15) is 13.2 Å². The van der Waals surface area contributed by atoms with Gasteiger partial charge in [-0.05, 0) is 36.4 Å². The number of alkyl halides is 3. The maximum atomic E-state index is 12.7. The lowest BCUT2D eigenvalue weighted by molar-refractivity contribution is -0.137. The molecular formula is C17H12F3NO5. The van der Waals surface area contributed by atoms with Crippen LogP contribution in [0, 0.1) is 0 Å². The molecule has 0 heterocycles. The molecule has 0 spiro atoms. The van der Waals surface area contributed by atoms with Crippen molar-refractivity contribution in [2.45, 2.75) is 6.18 Å². The van der Waals surface area contributed by atoms with Gasteiger partial charge in [-0.25, -0.2) is 4.79 Å². The molecule has 6 nitrogen and oxygen atoms in total. The first-order valence-corrected chi connectivity index (χ1v) is 7.07. The van der Waals surface area contributed by atoms with Crippen LogP contribution in [0.15, 0.2) is 42.5 Å². The molecule has 2 aromatic rings. The third-order valence-electron chi connectivity index (χ3n) is 3.34. The summed E-state index contributed by atoms with van der Waals surface area (Å²) in [5, 5.41) is 11.5. The summed E-state index contributed by atoms with van der Waals surface area (Å²) in [6, 6.07) is 6.94. The fourth-order valence-corrected chi connectivity index (χ4v) is 2.04. The van der Waals surface area contributed by atoms with Crippen LogP contribution < -0.4 is 5.32 Å². The minimum atomic E-state index is -4.72. The lowest BCUT2D eigenvalue weighted by atomic mass is 10.1. The zero-order chi connectivity index (χ0) is 19.5. The molecule has 2 amide bonds. The second-order valence-corrected chi connectivity index (χ2v) is 5.09. The van der Waals surface area contributed by atoms with E-state index in [4.69, 9.17) is 0 Å². The number of phenols is 1. The fourth-order valence-electron chi connectivity index (χ4n) is 2.04. The van der Waals surface area contributed by atoms with E-state index >= 15 is 0 Å². The molecule has 0 radical (unpaired) electrons. The van der Waals surface area contributed by atoms with E-state index in [1.165, 1.54) is 18.2 Å². The van der Waals surface area contributed by atoms with E-state index in [9.17, 15) is 32.7 Å². The molecule has 2 N–H and O–H groups in total. The van der Waals surface area contributed by atoms with Gasteiger partial charge in [0.2, 0.25) is 0 Å². The molecule has 0 saturated carbocycles. The Bertz CT molecular complexity index is 877. The van der Waals surface area contributed by atoms with E-state index in [0.29, 0.717) is 18.2 Å². The molecular weight excluding hydrogens is 355 g/mol. The van der Waals surface area contributed by atoms with Gasteiger partial charge in [0.1, 0.15) is 5.75 Å². The van der Waals surface area contributed by atoms with Crippen molar-refractivity contribution in [3.05, 3.63) is 64.7 Å². The number of amides is 2. The van der Waals surface area contributed by atoms with Gasteiger partial charge in [-0.1, -0.05) is 6.07 Å². The van der Waals surface area contributed by atoms with Gasteiger partial charge in [-0.15, -0.1) is 0 Å². The Morgan fingerprint density at radius 1 is 1.00 bits per heavy atom. The summed E-state index contributed by atoms with van der Waals surface area (Å²) in [5.74, 6) is -3.60. The molecule has 0 bridgehead atoms. The molecule has 2 aromatic carbocycles. The Labute approximate surface area is 145 Å². The number of halogens is 3. The second-order valence-electron chi connectivity index (χ2n) is 5.09. The number of nitrogens with one attached hydrogen (secondary N) is 1. The molecule has 0 aliphatic heterocycles. The minimum absolute atomic E-state index is 0.0505. The summed E-state index contributed by atoms with van der Waals surface area (Å²) < 4.78 is 42.7. The van der Waals surface area contributed by atoms with Crippen molar-refractivity contribution in [2.24, 2.45) is 0 Å². The van der Waals surface area contributed by atoms with Crippen LogP contribution in [0.2, 0.25) is 0 Å². The van der Waals surface area contributed by atoms with Crippen molar-refractivity contribution < 1.29 is 37.4 Å². The Hall–Kier alpha value is -3.36. The van der Waals surface area contributed by atoms with Crippen LogP contribution in [0.1, 0.15) is 36.6 Å². The predicted octanol–water partition coefficient (Wildman–Crippen LogP) is 2.77. The van der Waals surface area contributed by atoms with Crippen LogP contribution >= 0.6 is 0 Å². The number of ether oxygens (including phenoxy) is 1.